The lowest BCUT2D eigenvalue weighted by atomic mass is 9.83. The molecule has 0 amide bonds. The summed E-state index contributed by atoms with van der Waals surface area (Å²) in [6.07, 6.45) is 0. The van der Waals surface area contributed by atoms with Crippen LogP contribution in [0.2, 0.25) is 0 Å². The first-order valence-corrected chi connectivity index (χ1v) is 8.12. The lowest BCUT2D eigenvalue weighted by Gasteiger charge is -2.25. The van der Waals surface area contributed by atoms with Gasteiger partial charge in [-0.2, -0.15) is 5.26 Å². The minimum absolute atomic E-state index is 0.0516. The number of hydrogen-bond acceptors (Lipinski definition) is 6. The summed E-state index contributed by atoms with van der Waals surface area (Å²) >= 11 is 0. The molecule has 2 aromatic rings. The SMILES string of the molecule is CCOc1ccc(OCC)c([C@H]2C(C#N)=C(N)Oc3n[nH]c(C)c32)c1. The Hall–Kier alpha value is -3.14. The van der Waals surface area contributed by atoms with Gasteiger partial charge < -0.3 is 19.9 Å². The molecule has 0 bridgehead atoms. The molecule has 0 spiro atoms. The molecule has 2 heterocycles. The van der Waals surface area contributed by atoms with Crippen LogP contribution in [0, 0.1) is 18.3 Å². The van der Waals surface area contributed by atoms with Crippen LogP contribution in [-0.2, 0) is 0 Å². The first-order valence-electron chi connectivity index (χ1n) is 8.12. The van der Waals surface area contributed by atoms with Gasteiger partial charge in [-0.3, -0.25) is 5.10 Å². The average Bonchev–Trinajstić information content (AvgIpc) is 2.96. The third kappa shape index (κ3) is 2.87. The number of benzene rings is 1. The van der Waals surface area contributed by atoms with Crippen molar-refractivity contribution in [3.8, 4) is 23.4 Å². The summed E-state index contributed by atoms with van der Waals surface area (Å²) in [6.45, 7) is 6.75. The van der Waals surface area contributed by atoms with Crippen LogP contribution >= 0.6 is 0 Å². The minimum Gasteiger partial charge on any atom is -0.494 e. The topological polar surface area (TPSA) is 106 Å². The fraction of sp³-hybridized carbons (Fsp3) is 0.333. The Balaban J connectivity index is 2.23. The highest BCUT2D eigenvalue weighted by atomic mass is 16.5. The molecule has 1 aliphatic rings. The molecule has 1 aromatic heterocycles. The van der Waals surface area contributed by atoms with Gasteiger partial charge in [-0.25, -0.2) is 0 Å². The summed E-state index contributed by atoms with van der Waals surface area (Å²) in [5.41, 5.74) is 8.68. The maximum Gasteiger partial charge on any atom is 0.244 e. The van der Waals surface area contributed by atoms with E-state index in [0.717, 1.165) is 16.8 Å². The number of aromatic amines is 1. The minimum atomic E-state index is -0.436. The Kier molecular flexibility index (Phi) is 4.52. The number of nitrogens with zero attached hydrogens (tertiary/aromatic N) is 2. The van der Waals surface area contributed by atoms with Gasteiger partial charge in [-0.1, -0.05) is 0 Å². The number of aryl methyl sites for hydroxylation is 1. The summed E-state index contributed by atoms with van der Waals surface area (Å²) in [4.78, 5) is 0. The number of allylic oxidation sites excluding steroid dienone is 1. The summed E-state index contributed by atoms with van der Waals surface area (Å²) in [5.74, 6) is 1.37. The van der Waals surface area contributed by atoms with Gasteiger partial charge in [-0.15, -0.1) is 5.10 Å². The zero-order valence-electron chi connectivity index (χ0n) is 14.4. The lowest BCUT2D eigenvalue weighted by molar-refractivity contribution is 0.325. The molecule has 0 unspecified atom stereocenters. The molecule has 1 atom stereocenters. The van der Waals surface area contributed by atoms with Crippen LogP contribution in [0.1, 0.15) is 36.6 Å². The molecular formula is C18H20N4O3. The van der Waals surface area contributed by atoms with Crippen molar-refractivity contribution < 1.29 is 14.2 Å². The quantitative estimate of drug-likeness (QED) is 0.867. The molecule has 1 aromatic carbocycles. The van der Waals surface area contributed by atoms with E-state index >= 15 is 0 Å². The van der Waals surface area contributed by atoms with E-state index in [9.17, 15) is 5.26 Å². The van der Waals surface area contributed by atoms with Crippen LogP contribution in [-0.4, -0.2) is 23.4 Å². The van der Waals surface area contributed by atoms with Crippen molar-refractivity contribution >= 4 is 0 Å². The number of fused-ring (bicyclic) bond motifs is 1. The van der Waals surface area contributed by atoms with Crippen molar-refractivity contribution in [2.24, 2.45) is 5.73 Å². The standard InChI is InChI=1S/C18H20N4O3/c1-4-23-11-6-7-14(24-5-2)12(8-11)16-13(9-19)17(20)25-18-15(16)10(3)21-22-18/h6-8,16H,4-5,20H2,1-3H3,(H,21,22)/t16-/m0/s1. The molecule has 0 saturated heterocycles. The van der Waals surface area contributed by atoms with Crippen molar-refractivity contribution in [1.29, 1.82) is 5.26 Å². The molecule has 1 aliphatic heterocycles. The summed E-state index contributed by atoms with van der Waals surface area (Å²) in [7, 11) is 0. The number of nitrogens with two attached hydrogens (primary N) is 1. The zero-order chi connectivity index (χ0) is 18.0. The second-order valence-electron chi connectivity index (χ2n) is 5.56. The number of aromatic nitrogens is 2. The third-order valence-electron chi connectivity index (χ3n) is 4.03. The van der Waals surface area contributed by atoms with Gasteiger partial charge in [0.2, 0.25) is 11.8 Å². The van der Waals surface area contributed by atoms with Gasteiger partial charge in [-0.05, 0) is 39.0 Å². The van der Waals surface area contributed by atoms with E-state index in [-0.39, 0.29) is 5.88 Å². The van der Waals surface area contributed by atoms with Crippen LogP contribution in [0.3, 0.4) is 0 Å². The molecule has 0 radical (unpaired) electrons. The second-order valence-corrected chi connectivity index (χ2v) is 5.56. The van der Waals surface area contributed by atoms with E-state index < -0.39 is 5.92 Å². The van der Waals surface area contributed by atoms with Crippen LogP contribution in [0.4, 0.5) is 0 Å². The van der Waals surface area contributed by atoms with E-state index in [4.69, 9.17) is 19.9 Å². The van der Waals surface area contributed by atoms with E-state index in [1.54, 1.807) is 0 Å². The predicted octanol–water partition coefficient (Wildman–Crippen LogP) is 2.73. The Labute approximate surface area is 146 Å². The van der Waals surface area contributed by atoms with Gasteiger partial charge in [0.1, 0.15) is 23.1 Å². The number of nitriles is 1. The van der Waals surface area contributed by atoms with Gasteiger partial charge in [0.15, 0.2) is 0 Å². The molecule has 130 valence electrons. The normalized spacial score (nSPS) is 16.0. The van der Waals surface area contributed by atoms with Crippen molar-refractivity contribution in [2.75, 3.05) is 13.2 Å². The molecular weight excluding hydrogens is 320 g/mol. The number of rotatable bonds is 5. The van der Waals surface area contributed by atoms with Gasteiger partial charge in [0.05, 0.1) is 19.1 Å². The molecule has 0 fully saturated rings. The van der Waals surface area contributed by atoms with Gasteiger partial charge in [0.25, 0.3) is 0 Å². The molecule has 0 saturated carbocycles. The van der Waals surface area contributed by atoms with E-state index in [0.29, 0.717) is 36.2 Å². The lowest BCUT2D eigenvalue weighted by Crippen LogP contribution is -2.21. The highest BCUT2D eigenvalue weighted by molar-refractivity contribution is 5.59. The van der Waals surface area contributed by atoms with Crippen LogP contribution in [0.5, 0.6) is 17.4 Å². The second kappa shape index (κ2) is 6.77. The number of nitrogens with one attached hydrogen (secondary N) is 1. The van der Waals surface area contributed by atoms with Crippen molar-refractivity contribution in [1.82, 2.24) is 10.2 Å². The van der Waals surface area contributed by atoms with E-state index in [1.807, 2.05) is 39.0 Å². The fourth-order valence-electron chi connectivity index (χ4n) is 3.01. The molecule has 0 aliphatic carbocycles. The molecule has 3 N–H and O–H groups in total. The average molecular weight is 340 g/mol. The van der Waals surface area contributed by atoms with Crippen LogP contribution in [0.25, 0.3) is 0 Å². The summed E-state index contributed by atoms with van der Waals surface area (Å²) in [5, 5.41) is 16.7. The Morgan fingerprint density at radius 3 is 2.76 bits per heavy atom. The van der Waals surface area contributed by atoms with E-state index in [2.05, 4.69) is 16.3 Å². The summed E-state index contributed by atoms with van der Waals surface area (Å²) in [6, 6.07) is 7.75. The highest BCUT2D eigenvalue weighted by Gasteiger charge is 2.36. The van der Waals surface area contributed by atoms with Crippen molar-refractivity contribution in [3.05, 3.63) is 46.5 Å². The maximum absolute atomic E-state index is 9.67. The van der Waals surface area contributed by atoms with Crippen molar-refractivity contribution in [3.63, 3.8) is 0 Å². The first kappa shape index (κ1) is 16.7. The smallest absolute Gasteiger partial charge is 0.244 e. The molecule has 7 heteroatoms. The molecule has 3 rings (SSSR count). The zero-order valence-corrected chi connectivity index (χ0v) is 14.4. The Morgan fingerprint density at radius 2 is 2.08 bits per heavy atom. The Morgan fingerprint density at radius 1 is 1.32 bits per heavy atom. The van der Waals surface area contributed by atoms with Gasteiger partial charge in [0, 0.05) is 16.8 Å². The monoisotopic (exact) mass is 340 g/mol. The van der Waals surface area contributed by atoms with Crippen LogP contribution in [0.15, 0.2) is 29.7 Å². The number of ether oxygens (including phenoxy) is 3. The largest absolute Gasteiger partial charge is 0.494 e. The molecule has 7 nitrogen and oxygen atoms in total. The van der Waals surface area contributed by atoms with E-state index in [1.165, 1.54) is 0 Å². The first-order chi connectivity index (χ1) is 12.1. The van der Waals surface area contributed by atoms with Crippen molar-refractivity contribution in [2.45, 2.75) is 26.7 Å². The fourth-order valence-corrected chi connectivity index (χ4v) is 3.01. The third-order valence-corrected chi connectivity index (χ3v) is 4.03. The number of hydrogen-bond donors (Lipinski definition) is 2. The van der Waals surface area contributed by atoms with Gasteiger partial charge >= 0.3 is 0 Å². The maximum atomic E-state index is 9.67. The highest BCUT2D eigenvalue weighted by Crippen LogP contribution is 2.46. The predicted molar refractivity (Wildman–Crippen MR) is 91.4 cm³/mol. The van der Waals surface area contributed by atoms with Crippen LogP contribution < -0.4 is 19.9 Å². The Bertz CT molecular complexity index is 864. The molecule has 25 heavy (non-hydrogen) atoms. The number of H-pyrrole nitrogens is 1. The summed E-state index contributed by atoms with van der Waals surface area (Å²) < 4.78 is 16.9.